The molecule has 422 valence electrons. The first-order valence-electron chi connectivity index (χ1n) is 28.8. The summed E-state index contributed by atoms with van der Waals surface area (Å²) in [4.78, 5) is 48.5. The Hall–Kier alpha value is -3.86. The number of aliphatic hydroxyl groups is 1. The van der Waals surface area contributed by atoms with Gasteiger partial charge in [0.25, 0.3) is 0 Å². The third-order valence-electron chi connectivity index (χ3n) is 11.7. The fourth-order valence-corrected chi connectivity index (χ4v) is 8.14. The lowest BCUT2D eigenvalue weighted by Crippen LogP contribution is -2.30. The van der Waals surface area contributed by atoms with E-state index in [1.807, 2.05) is 12.2 Å². The standard InChI is InChI=1S/C62H103O11P/c1-4-7-10-13-16-19-22-25-27-29-31-34-36-39-42-45-48-51-60(64)69-55-59(73-62(66)53-50-47-44-41-38-35-32-30-28-26-23-20-17-14-11-8-5-2)57-71-74(67,68)70-56-58(54-63)72-61(65)52-49-46-43-40-37-33-24-21-18-15-12-9-6-3/h7,9-10,12,16-21,25-28,33,37,43,46,58-59,63H,4-6,8,11,13-15,22-24,29-32,34-36,38-42,44-45,47-57H2,1-3H3,(H,67,68)/b10-7-,12-9-,19-16-,20-17-,21-18-,27-25-,28-26-,37-33-,46-43-. The van der Waals surface area contributed by atoms with E-state index < -0.39 is 57.8 Å². The molecule has 0 heterocycles. The summed E-state index contributed by atoms with van der Waals surface area (Å²) in [5, 5.41) is 9.79. The van der Waals surface area contributed by atoms with Gasteiger partial charge in [0.1, 0.15) is 12.7 Å². The minimum absolute atomic E-state index is 0.0504. The maximum Gasteiger partial charge on any atom is 0.472 e. The number of carbonyl (C=O) groups is 3. The fourth-order valence-electron chi connectivity index (χ4n) is 7.35. The molecule has 0 aliphatic heterocycles. The summed E-state index contributed by atoms with van der Waals surface area (Å²) in [6, 6.07) is 0. The third kappa shape index (κ3) is 53.0. The Labute approximate surface area is 450 Å². The first kappa shape index (κ1) is 70.1. The maximum absolute atomic E-state index is 12.9. The summed E-state index contributed by atoms with van der Waals surface area (Å²) < 4.78 is 39.4. The van der Waals surface area contributed by atoms with Gasteiger partial charge in [0.15, 0.2) is 6.10 Å². The van der Waals surface area contributed by atoms with Crippen molar-refractivity contribution in [1.29, 1.82) is 0 Å². The van der Waals surface area contributed by atoms with Gasteiger partial charge in [-0.1, -0.05) is 207 Å². The molecule has 0 fully saturated rings. The third-order valence-corrected chi connectivity index (χ3v) is 12.6. The van der Waals surface area contributed by atoms with Crippen LogP contribution in [0.3, 0.4) is 0 Å². The van der Waals surface area contributed by atoms with E-state index in [1.165, 1.54) is 51.4 Å². The molecule has 0 spiro atoms. The Kier molecular flexibility index (Phi) is 52.5. The number of ether oxygens (including phenoxy) is 3. The first-order chi connectivity index (χ1) is 36.2. The number of unbranched alkanes of at least 4 members (excludes halogenated alkanes) is 17. The van der Waals surface area contributed by atoms with Crippen LogP contribution in [0.4, 0.5) is 0 Å². The largest absolute Gasteiger partial charge is 0.472 e. The van der Waals surface area contributed by atoms with E-state index in [9.17, 15) is 28.9 Å². The summed E-state index contributed by atoms with van der Waals surface area (Å²) in [6.45, 7) is 4.28. The number of carbonyl (C=O) groups excluding carboxylic acids is 3. The van der Waals surface area contributed by atoms with E-state index in [0.717, 1.165) is 116 Å². The lowest BCUT2D eigenvalue weighted by Gasteiger charge is -2.21. The molecular weight excluding hydrogens is 952 g/mol. The summed E-state index contributed by atoms with van der Waals surface area (Å²) in [6.07, 6.45) is 66.3. The van der Waals surface area contributed by atoms with Crippen molar-refractivity contribution in [3.63, 3.8) is 0 Å². The monoisotopic (exact) mass is 1050 g/mol. The van der Waals surface area contributed by atoms with Crippen molar-refractivity contribution >= 4 is 25.7 Å². The molecule has 3 atom stereocenters. The molecule has 11 nitrogen and oxygen atoms in total. The van der Waals surface area contributed by atoms with Crippen molar-refractivity contribution in [1.82, 2.24) is 0 Å². The predicted molar refractivity (Wildman–Crippen MR) is 307 cm³/mol. The first-order valence-corrected chi connectivity index (χ1v) is 30.3. The molecule has 0 aliphatic carbocycles. The highest BCUT2D eigenvalue weighted by atomic mass is 31.2. The van der Waals surface area contributed by atoms with Gasteiger partial charge in [0.05, 0.1) is 19.8 Å². The van der Waals surface area contributed by atoms with E-state index >= 15 is 0 Å². The van der Waals surface area contributed by atoms with Crippen LogP contribution in [0.5, 0.6) is 0 Å². The molecule has 0 aromatic rings. The highest BCUT2D eigenvalue weighted by molar-refractivity contribution is 7.47. The van der Waals surface area contributed by atoms with E-state index in [2.05, 4.69) is 118 Å². The van der Waals surface area contributed by atoms with Gasteiger partial charge in [-0.15, -0.1) is 0 Å². The van der Waals surface area contributed by atoms with E-state index in [1.54, 1.807) is 0 Å². The molecule has 0 saturated carbocycles. The molecule has 74 heavy (non-hydrogen) atoms. The van der Waals surface area contributed by atoms with Crippen LogP contribution in [0.2, 0.25) is 0 Å². The van der Waals surface area contributed by atoms with E-state index in [-0.39, 0.29) is 25.9 Å². The van der Waals surface area contributed by atoms with Crippen molar-refractivity contribution in [3.8, 4) is 0 Å². The Balaban J connectivity index is 4.82. The van der Waals surface area contributed by atoms with Gasteiger partial charge >= 0.3 is 25.7 Å². The number of allylic oxidation sites excluding steroid dienone is 18. The van der Waals surface area contributed by atoms with Gasteiger partial charge in [0, 0.05) is 19.3 Å². The summed E-state index contributed by atoms with van der Waals surface area (Å²) in [5.41, 5.74) is 0. The van der Waals surface area contributed by atoms with E-state index in [4.69, 9.17) is 23.3 Å². The molecule has 0 rings (SSSR count). The van der Waals surface area contributed by atoms with Crippen molar-refractivity contribution in [3.05, 3.63) is 109 Å². The number of phosphoric ester groups is 1. The van der Waals surface area contributed by atoms with Crippen LogP contribution in [0.25, 0.3) is 0 Å². The number of hydrogen-bond donors (Lipinski definition) is 2. The summed E-state index contributed by atoms with van der Waals surface area (Å²) in [7, 11) is -4.78. The van der Waals surface area contributed by atoms with Crippen LogP contribution >= 0.6 is 7.82 Å². The number of esters is 3. The van der Waals surface area contributed by atoms with Crippen molar-refractivity contribution in [2.45, 2.75) is 238 Å². The quantitative estimate of drug-likeness (QED) is 0.0197. The second-order valence-electron chi connectivity index (χ2n) is 18.7. The average Bonchev–Trinajstić information content (AvgIpc) is 3.39. The number of hydrogen-bond acceptors (Lipinski definition) is 10. The summed E-state index contributed by atoms with van der Waals surface area (Å²) in [5.74, 6) is -1.58. The highest BCUT2D eigenvalue weighted by Crippen LogP contribution is 2.43. The second-order valence-corrected chi connectivity index (χ2v) is 20.1. The van der Waals surface area contributed by atoms with Gasteiger partial charge in [-0.05, 0) is 109 Å². The topological polar surface area (TPSA) is 155 Å². The van der Waals surface area contributed by atoms with E-state index in [0.29, 0.717) is 19.3 Å². The zero-order valence-corrected chi connectivity index (χ0v) is 47.4. The van der Waals surface area contributed by atoms with Gasteiger partial charge in [-0.3, -0.25) is 23.4 Å². The average molecular weight is 1060 g/mol. The second kappa shape index (κ2) is 55.4. The molecule has 2 N–H and O–H groups in total. The predicted octanol–water partition coefficient (Wildman–Crippen LogP) is 17.0. The van der Waals surface area contributed by atoms with Crippen molar-refractivity contribution < 1.29 is 52.2 Å². The Morgan fingerprint density at radius 1 is 0.392 bits per heavy atom. The van der Waals surface area contributed by atoms with Crippen molar-refractivity contribution in [2.24, 2.45) is 0 Å². The molecule has 0 aromatic carbocycles. The maximum atomic E-state index is 12.9. The summed E-state index contributed by atoms with van der Waals surface area (Å²) >= 11 is 0. The lowest BCUT2D eigenvalue weighted by atomic mass is 10.1. The minimum Gasteiger partial charge on any atom is -0.462 e. The molecule has 3 unspecified atom stereocenters. The molecule has 12 heteroatoms. The van der Waals surface area contributed by atoms with Crippen LogP contribution < -0.4 is 0 Å². The number of phosphoric acid groups is 1. The lowest BCUT2D eigenvalue weighted by molar-refractivity contribution is -0.161. The molecular formula is C62H103O11P. The van der Waals surface area contributed by atoms with Crippen LogP contribution in [-0.4, -0.2) is 66.5 Å². The molecule has 0 saturated heterocycles. The van der Waals surface area contributed by atoms with Crippen molar-refractivity contribution in [2.75, 3.05) is 26.4 Å². The Morgan fingerprint density at radius 2 is 0.730 bits per heavy atom. The minimum atomic E-state index is -4.78. The normalized spacial score (nSPS) is 14.2. The number of rotatable bonds is 52. The van der Waals surface area contributed by atoms with Gasteiger partial charge in [-0.25, -0.2) is 4.57 Å². The zero-order chi connectivity index (χ0) is 54.1. The van der Waals surface area contributed by atoms with Crippen LogP contribution in [-0.2, 0) is 42.2 Å². The van der Waals surface area contributed by atoms with Crippen LogP contribution in [0, 0.1) is 0 Å². The molecule has 0 aliphatic rings. The van der Waals surface area contributed by atoms with Gasteiger partial charge in [0.2, 0.25) is 0 Å². The van der Waals surface area contributed by atoms with Crippen LogP contribution in [0.1, 0.15) is 226 Å². The molecule has 0 amide bonds. The molecule has 0 radical (unpaired) electrons. The highest BCUT2D eigenvalue weighted by Gasteiger charge is 2.28. The van der Waals surface area contributed by atoms with Gasteiger partial charge < -0.3 is 24.2 Å². The molecule has 0 bridgehead atoms. The Morgan fingerprint density at radius 3 is 1.16 bits per heavy atom. The van der Waals surface area contributed by atoms with Crippen LogP contribution in [0.15, 0.2) is 109 Å². The Bertz CT molecular complexity index is 1660. The molecule has 0 aromatic heterocycles. The zero-order valence-electron chi connectivity index (χ0n) is 46.5. The fraction of sp³-hybridized carbons (Fsp3) is 0.661. The van der Waals surface area contributed by atoms with Gasteiger partial charge in [-0.2, -0.15) is 0 Å². The number of aliphatic hydroxyl groups excluding tert-OH is 1. The SMILES string of the molecule is CC/C=C\C/C=C\C/C=C\C/C=C\CCC(=O)OC(CO)COP(=O)(O)OCC(COC(=O)CCCCCCCCC/C=C\C/C=C\C/C=C\CC)OC(=O)CCCCCCCCC/C=C\C/C=C\CCCCC. The smallest absolute Gasteiger partial charge is 0.462 e.